The maximum absolute atomic E-state index is 12.4. The van der Waals surface area contributed by atoms with Crippen molar-refractivity contribution in [2.24, 2.45) is 0 Å². The molecule has 1 heterocycles. The number of amides is 1. The van der Waals surface area contributed by atoms with Crippen LogP contribution in [0, 0.1) is 0 Å². The molecular weight excluding hydrogens is 376 g/mol. The third-order valence-corrected chi connectivity index (χ3v) is 5.98. The zero-order valence-corrected chi connectivity index (χ0v) is 16.0. The summed E-state index contributed by atoms with van der Waals surface area (Å²) in [6, 6.07) is 12.5. The lowest BCUT2D eigenvalue weighted by molar-refractivity contribution is -0.115. The number of Topliss-reactive ketones (excluding diaryl/α,β-unsaturated/α-hetero) is 1. The summed E-state index contributed by atoms with van der Waals surface area (Å²) in [4.78, 5) is 28.4. The topological polar surface area (TPSA) is 59.1 Å². The summed E-state index contributed by atoms with van der Waals surface area (Å²) < 4.78 is 1.85. The van der Waals surface area contributed by atoms with E-state index in [-0.39, 0.29) is 16.9 Å². The molecule has 1 N–H and O–H groups in total. The Labute approximate surface area is 158 Å². The Kier molecular flexibility index (Phi) is 5.42. The molecule has 1 amide bonds. The Morgan fingerprint density at radius 1 is 1.24 bits per heavy atom. The van der Waals surface area contributed by atoms with E-state index in [0.29, 0.717) is 16.3 Å². The van der Waals surface area contributed by atoms with Crippen LogP contribution in [0.1, 0.15) is 24.2 Å². The fourth-order valence-electron chi connectivity index (χ4n) is 2.19. The molecule has 0 unspecified atom stereocenters. The Morgan fingerprint density at radius 3 is 2.80 bits per heavy atom. The normalized spacial score (nSPS) is 12.1. The minimum atomic E-state index is -0.322. The molecule has 1 aromatic heterocycles. The van der Waals surface area contributed by atoms with E-state index in [9.17, 15) is 9.59 Å². The van der Waals surface area contributed by atoms with Crippen molar-refractivity contribution >= 4 is 62.3 Å². The van der Waals surface area contributed by atoms with E-state index in [1.807, 2.05) is 25.1 Å². The fraction of sp³-hybridized carbons (Fsp3) is 0.167. The van der Waals surface area contributed by atoms with E-state index in [2.05, 4.69) is 10.3 Å². The molecule has 0 aliphatic rings. The number of nitrogens with zero attached hydrogens (tertiary/aromatic N) is 1. The summed E-state index contributed by atoms with van der Waals surface area (Å²) in [6.45, 7) is 3.33. The van der Waals surface area contributed by atoms with Gasteiger partial charge < -0.3 is 5.32 Å². The molecule has 0 aliphatic heterocycles. The van der Waals surface area contributed by atoms with Crippen molar-refractivity contribution in [2.75, 3.05) is 5.32 Å². The van der Waals surface area contributed by atoms with Gasteiger partial charge in [-0.15, -0.1) is 11.3 Å². The van der Waals surface area contributed by atoms with Crippen LogP contribution in [-0.4, -0.2) is 21.9 Å². The van der Waals surface area contributed by atoms with Crippen molar-refractivity contribution in [1.82, 2.24) is 4.98 Å². The highest BCUT2D eigenvalue weighted by atomic mass is 35.5. The van der Waals surface area contributed by atoms with Crippen molar-refractivity contribution in [3.05, 3.63) is 53.1 Å². The molecule has 0 bridgehead atoms. The molecule has 4 nitrogen and oxygen atoms in total. The van der Waals surface area contributed by atoms with Crippen molar-refractivity contribution in [3.8, 4) is 0 Å². The molecule has 0 radical (unpaired) electrons. The van der Waals surface area contributed by atoms with Gasteiger partial charge in [-0.25, -0.2) is 4.98 Å². The van der Waals surface area contributed by atoms with Gasteiger partial charge >= 0.3 is 0 Å². The summed E-state index contributed by atoms with van der Waals surface area (Å²) in [6.07, 6.45) is 0. The van der Waals surface area contributed by atoms with E-state index in [4.69, 9.17) is 11.6 Å². The highest BCUT2D eigenvalue weighted by molar-refractivity contribution is 8.02. The molecule has 2 aromatic carbocycles. The molecule has 3 rings (SSSR count). The van der Waals surface area contributed by atoms with Gasteiger partial charge in [-0.05, 0) is 44.2 Å². The Balaban J connectivity index is 1.69. The lowest BCUT2D eigenvalue weighted by Crippen LogP contribution is -2.22. The fourth-order valence-corrected chi connectivity index (χ4v) is 4.55. The number of carbonyl (C=O) groups excluding carboxylic acids is 2. The van der Waals surface area contributed by atoms with Crippen LogP contribution in [0.25, 0.3) is 10.2 Å². The first kappa shape index (κ1) is 17.9. The third kappa shape index (κ3) is 4.39. The number of rotatable bonds is 5. The molecule has 3 aromatic rings. The minimum Gasteiger partial charge on any atom is -0.325 e. The predicted molar refractivity (Wildman–Crippen MR) is 105 cm³/mol. The van der Waals surface area contributed by atoms with E-state index in [1.54, 1.807) is 24.3 Å². The SMILES string of the molecule is CC(=O)c1cccc(NC(=O)[C@H](C)Sc2nc3cc(Cl)ccc3s2)c1. The molecule has 7 heteroatoms. The summed E-state index contributed by atoms with van der Waals surface area (Å²) in [5.74, 6) is -0.172. The van der Waals surface area contributed by atoms with Gasteiger partial charge in [0.25, 0.3) is 0 Å². The lowest BCUT2D eigenvalue weighted by atomic mass is 10.1. The number of thiazole rings is 1. The van der Waals surface area contributed by atoms with E-state index in [0.717, 1.165) is 14.6 Å². The van der Waals surface area contributed by atoms with E-state index >= 15 is 0 Å². The number of thioether (sulfide) groups is 1. The van der Waals surface area contributed by atoms with Gasteiger partial charge in [0.1, 0.15) is 0 Å². The second-order valence-corrected chi connectivity index (χ2v) is 8.53. The number of fused-ring (bicyclic) bond motifs is 1. The molecule has 0 spiro atoms. The van der Waals surface area contributed by atoms with Crippen LogP contribution in [0.4, 0.5) is 5.69 Å². The number of ketones is 1. The average molecular weight is 391 g/mol. The van der Waals surface area contributed by atoms with Gasteiger partial charge in [0.15, 0.2) is 10.1 Å². The van der Waals surface area contributed by atoms with Crippen LogP contribution in [0.15, 0.2) is 46.8 Å². The lowest BCUT2D eigenvalue weighted by Gasteiger charge is -2.11. The number of hydrogen-bond acceptors (Lipinski definition) is 5. The van der Waals surface area contributed by atoms with Gasteiger partial charge in [0, 0.05) is 16.3 Å². The van der Waals surface area contributed by atoms with Crippen molar-refractivity contribution in [2.45, 2.75) is 23.4 Å². The van der Waals surface area contributed by atoms with Crippen LogP contribution < -0.4 is 5.32 Å². The molecule has 0 aliphatic carbocycles. The number of anilines is 1. The maximum atomic E-state index is 12.4. The highest BCUT2D eigenvalue weighted by Crippen LogP contribution is 2.33. The van der Waals surface area contributed by atoms with Gasteiger partial charge in [0.2, 0.25) is 5.91 Å². The number of nitrogens with one attached hydrogen (secondary N) is 1. The standard InChI is InChI=1S/C18H15ClN2O2S2/c1-10(22)12-4-3-5-14(8-12)20-17(23)11(2)24-18-21-15-9-13(19)6-7-16(15)25-18/h3-9,11H,1-2H3,(H,20,23)/t11-/m0/s1. The van der Waals surface area contributed by atoms with Gasteiger partial charge in [-0.2, -0.15) is 0 Å². The summed E-state index contributed by atoms with van der Waals surface area (Å²) in [7, 11) is 0. The first-order valence-electron chi connectivity index (χ1n) is 7.57. The number of hydrogen-bond donors (Lipinski definition) is 1. The largest absolute Gasteiger partial charge is 0.325 e. The zero-order chi connectivity index (χ0) is 18.0. The second-order valence-electron chi connectivity index (χ2n) is 5.48. The predicted octanol–water partition coefficient (Wildman–Crippen LogP) is 5.27. The zero-order valence-electron chi connectivity index (χ0n) is 13.6. The molecule has 0 saturated heterocycles. The molecule has 25 heavy (non-hydrogen) atoms. The second kappa shape index (κ2) is 7.56. The van der Waals surface area contributed by atoms with Crippen molar-refractivity contribution in [1.29, 1.82) is 0 Å². The molecule has 128 valence electrons. The van der Waals surface area contributed by atoms with Gasteiger partial charge in [0.05, 0.1) is 15.5 Å². The van der Waals surface area contributed by atoms with Crippen LogP contribution in [0.5, 0.6) is 0 Å². The Morgan fingerprint density at radius 2 is 2.04 bits per heavy atom. The van der Waals surface area contributed by atoms with Gasteiger partial charge in [-0.1, -0.05) is 35.5 Å². The quantitative estimate of drug-likeness (QED) is 0.476. The van der Waals surface area contributed by atoms with Crippen LogP contribution in [0.2, 0.25) is 5.02 Å². The highest BCUT2D eigenvalue weighted by Gasteiger charge is 2.17. The Bertz CT molecular complexity index is 955. The molecule has 0 saturated carbocycles. The minimum absolute atomic E-state index is 0.0355. The van der Waals surface area contributed by atoms with Crippen LogP contribution in [0.3, 0.4) is 0 Å². The van der Waals surface area contributed by atoms with E-state index in [1.165, 1.54) is 30.0 Å². The molecule has 1 atom stereocenters. The molecular formula is C18H15ClN2O2S2. The van der Waals surface area contributed by atoms with Gasteiger partial charge in [-0.3, -0.25) is 9.59 Å². The number of aromatic nitrogens is 1. The van der Waals surface area contributed by atoms with Crippen molar-refractivity contribution in [3.63, 3.8) is 0 Å². The van der Waals surface area contributed by atoms with Crippen LogP contribution >= 0.6 is 34.7 Å². The first-order valence-corrected chi connectivity index (χ1v) is 9.64. The van der Waals surface area contributed by atoms with Crippen molar-refractivity contribution < 1.29 is 9.59 Å². The number of carbonyl (C=O) groups is 2. The summed E-state index contributed by atoms with van der Waals surface area (Å²) >= 11 is 8.91. The summed E-state index contributed by atoms with van der Waals surface area (Å²) in [5.41, 5.74) is 2.02. The summed E-state index contributed by atoms with van der Waals surface area (Å²) in [5, 5.41) is 3.17. The van der Waals surface area contributed by atoms with Crippen LogP contribution in [-0.2, 0) is 4.79 Å². The third-order valence-electron chi connectivity index (χ3n) is 3.51. The first-order chi connectivity index (χ1) is 11.9. The smallest absolute Gasteiger partial charge is 0.237 e. The number of halogens is 1. The number of benzene rings is 2. The Hall–Kier alpha value is -1.89. The average Bonchev–Trinajstić information content (AvgIpc) is 2.96. The van der Waals surface area contributed by atoms with E-state index < -0.39 is 0 Å². The monoisotopic (exact) mass is 390 g/mol. The maximum Gasteiger partial charge on any atom is 0.237 e. The molecule has 0 fully saturated rings.